The average Bonchev–Trinajstić information content (AvgIpc) is 3.25. The van der Waals surface area contributed by atoms with E-state index in [1.165, 1.54) is 17.2 Å². The lowest BCUT2D eigenvalue weighted by atomic mass is 9.91. The molecule has 1 atom stereocenters. The quantitative estimate of drug-likeness (QED) is 0.146. The van der Waals surface area contributed by atoms with Crippen LogP contribution in [-0.2, 0) is 27.4 Å². The van der Waals surface area contributed by atoms with E-state index >= 15 is 0 Å². The summed E-state index contributed by atoms with van der Waals surface area (Å²) in [6, 6.07) is 16.9. The van der Waals surface area contributed by atoms with E-state index in [0.29, 0.717) is 11.1 Å². The fourth-order valence-electron chi connectivity index (χ4n) is 3.95. The Balaban J connectivity index is 0.00000204. The molecule has 3 aromatic rings. The van der Waals surface area contributed by atoms with Crippen LogP contribution >= 0.6 is 24.8 Å². The van der Waals surface area contributed by atoms with Gasteiger partial charge >= 0.3 is 5.97 Å². The third-order valence-electron chi connectivity index (χ3n) is 5.62. The number of nitrogen functional groups attached to an aromatic ring is 1. The average molecular weight is 500 g/mol. The number of benzene rings is 3. The van der Waals surface area contributed by atoms with Crippen LogP contribution in [0.1, 0.15) is 40.7 Å². The topological polar surface area (TPSA) is 105 Å². The Morgan fingerprint density at radius 2 is 1.76 bits per heavy atom. The van der Waals surface area contributed by atoms with E-state index in [9.17, 15) is 9.59 Å². The molecule has 0 radical (unpaired) electrons. The van der Waals surface area contributed by atoms with Crippen molar-refractivity contribution in [2.45, 2.75) is 25.9 Å². The highest BCUT2D eigenvalue weighted by Gasteiger charge is 2.28. The number of halogens is 2. The van der Waals surface area contributed by atoms with Crippen LogP contribution in [0.2, 0.25) is 0 Å². The standard InChI is InChI=1S/C26H25N3O3.2ClH/c1-2-32-26(31)24(18-8-6-17-7-9-19(25(27)28)13-21(17)12-18)23(30)10-4-16-3-5-20-14-29-15-22(20)11-16;;/h3-13,24,29H,2,14-15H2,1H3,(H3,27,28);2*1H/b10-4+;;. The number of ketones is 1. The van der Waals surface area contributed by atoms with Crippen molar-refractivity contribution in [1.82, 2.24) is 5.32 Å². The molecular formula is C26H27Cl2N3O3. The number of carbonyl (C=O) groups is 2. The minimum Gasteiger partial charge on any atom is -0.465 e. The predicted molar refractivity (Wildman–Crippen MR) is 140 cm³/mol. The Kier molecular flexibility index (Phi) is 9.38. The summed E-state index contributed by atoms with van der Waals surface area (Å²) in [6.07, 6.45) is 3.18. The molecule has 1 aliphatic rings. The van der Waals surface area contributed by atoms with Crippen molar-refractivity contribution < 1.29 is 14.3 Å². The van der Waals surface area contributed by atoms with Crippen molar-refractivity contribution in [3.05, 3.63) is 88.5 Å². The molecule has 4 N–H and O–H groups in total. The third kappa shape index (κ3) is 5.83. The molecule has 3 aromatic carbocycles. The first-order chi connectivity index (χ1) is 15.5. The molecule has 0 saturated heterocycles. The molecule has 6 nitrogen and oxygen atoms in total. The van der Waals surface area contributed by atoms with Crippen LogP contribution in [0.15, 0.2) is 60.7 Å². The highest BCUT2D eigenvalue weighted by molar-refractivity contribution is 6.11. The SMILES string of the molecule is CCOC(=O)C(C(=O)/C=C/c1ccc2c(c1)CNC2)c1ccc2ccc(C(=N)N)cc2c1.Cl.Cl. The zero-order valence-electron chi connectivity index (χ0n) is 18.7. The fourth-order valence-corrected chi connectivity index (χ4v) is 3.95. The van der Waals surface area contributed by atoms with Crippen molar-refractivity contribution in [3.8, 4) is 0 Å². The molecule has 1 aliphatic heterocycles. The summed E-state index contributed by atoms with van der Waals surface area (Å²) in [6.45, 7) is 3.58. The molecule has 8 heteroatoms. The van der Waals surface area contributed by atoms with Crippen molar-refractivity contribution in [2.24, 2.45) is 5.73 Å². The second-order valence-corrected chi connectivity index (χ2v) is 7.79. The summed E-state index contributed by atoms with van der Waals surface area (Å²) < 4.78 is 5.21. The molecule has 0 aromatic heterocycles. The zero-order chi connectivity index (χ0) is 22.7. The molecule has 1 heterocycles. The van der Waals surface area contributed by atoms with Gasteiger partial charge in [0.2, 0.25) is 0 Å². The molecule has 34 heavy (non-hydrogen) atoms. The van der Waals surface area contributed by atoms with E-state index < -0.39 is 11.9 Å². The van der Waals surface area contributed by atoms with Gasteiger partial charge in [0, 0.05) is 18.7 Å². The van der Waals surface area contributed by atoms with E-state index in [-0.39, 0.29) is 43.0 Å². The van der Waals surface area contributed by atoms with Gasteiger partial charge in [-0.2, -0.15) is 0 Å². The summed E-state index contributed by atoms with van der Waals surface area (Å²) in [7, 11) is 0. The molecule has 0 amide bonds. The molecule has 1 unspecified atom stereocenters. The Labute approximate surface area is 210 Å². The first-order valence-corrected chi connectivity index (χ1v) is 10.6. The van der Waals surface area contributed by atoms with Gasteiger partial charge in [0.1, 0.15) is 11.8 Å². The highest BCUT2D eigenvalue weighted by atomic mass is 35.5. The summed E-state index contributed by atoms with van der Waals surface area (Å²) in [4.78, 5) is 25.8. The van der Waals surface area contributed by atoms with Gasteiger partial charge < -0.3 is 15.8 Å². The number of fused-ring (bicyclic) bond motifs is 2. The first-order valence-electron chi connectivity index (χ1n) is 10.6. The zero-order valence-corrected chi connectivity index (χ0v) is 20.3. The van der Waals surface area contributed by atoms with Gasteiger partial charge in [-0.25, -0.2) is 0 Å². The number of rotatable bonds is 7. The molecule has 0 saturated carbocycles. The smallest absolute Gasteiger partial charge is 0.321 e. The summed E-state index contributed by atoms with van der Waals surface area (Å²) >= 11 is 0. The summed E-state index contributed by atoms with van der Waals surface area (Å²) in [5, 5.41) is 12.7. The molecular weight excluding hydrogens is 473 g/mol. The summed E-state index contributed by atoms with van der Waals surface area (Å²) in [5.74, 6) is -2.03. The Bertz CT molecular complexity index is 1260. The number of carbonyl (C=O) groups excluding carboxylic acids is 2. The molecule has 0 fully saturated rings. The maximum Gasteiger partial charge on any atom is 0.321 e. The van der Waals surface area contributed by atoms with Gasteiger partial charge in [-0.3, -0.25) is 15.0 Å². The molecule has 0 aliphatic carbocycles. The molecule has 178 valence electrons. The third-order valence-corrected chi connectivity index (χ3v) is 5.62. The van der Waals surface area contributed by atoms with Crippen molar-refractivity contribution >= 4 is 59.3 Å². The first kappa shape index (κ1) is 27.1. The lowest BCUT2D eigenvalue weighted by molar-refractivity contribution is -0.147. The monoisotopic (exact) mass is 499 g/mol. The fraction of sp³-hybridized carbons (Fsp3) is 0.192. The van der Waals surface area contributed by atoms with E-state index in [0.717, 1.165) is 29.4 Å². The summed E-state index contributed by atoms with van der Waals surface area (Å²) in [5.41, 5.74) is 10.1. The molecule has 4 rings (SSSR count). The maximum atomic E-state index is 13.1. The Morgan fingerprint density at radius 3 is 2.50 bits per heavy atom. The van der Waals surface area contributed by atoms with Gasteiger partial charge in [-0.15, -0.1) is 24.8 Å². The Hall–Kier alpha value is -3.19. The van der Waals surface area contributed by atoms with Crippen LogP contribution < -0.4 is 11.1 Å². The molecule has 0 spiro atoms. The van der Waals surface area contributed by atoms with Gasteiger partial charge in [-0.05, 0) is 58.2 Å². The molecule has 0 bridgehead atoms. The maximum absolute atomic E-state index is 13.1. The van der Waals surface area contributed by atoms with Gasteiger partial charge in [0.05, 0.1) is 6.61 Å². The van der Waals surface area contributed by atoms with E-state index in [2.05, 4.69) is 17.4 Å². The second-order valence-electron chi connectivity index (χ2n) is 7.79. The number of allylic oxidation sites excluding steroid dienone is 1. The Morgan fingerprint density at radius 1 is 1.03 bits per heavy atom. The van der Waals surface area contributed by atoms with Crippen molar-refractivity contribution in [2.75, 3.05) is 6.61 Å². The van der Waals surface area contributed by atoms with E-state index in [1.54, 1.807) is 37.3 Å². The number of ether oxygens (including phenoxy) is 1. The van der Waals surface area contributed by atoms with Crippen molar-refractivity contribution in [3.63, 3.8) is 0 Å². The van der Waals surface area contributed by atoms with Gasteiger partial charge in [0.25, 0.3) is 0 Å². The minimum absolute atomic E-state index is 0. The number of nitrogens with one attached hydrogen (secondary N) is 2. The van der Waals surface area contributed by atoms with Crippen LogP contribution in [0, 0.1) is 5.41 Å². The van der Waals surface area contributed by atoms with Gasteiger partial charge in [0.15, 0.2) is 5.78 Å². The van der Waals surface area contributed by atoms with Crippen LogP contribution in [0.3, 0.4) is 0 Å². The second kappa shape index (κ2) is 11.8. The van der Waals surface area contributed by atoms with E-state index in [4.69, 9.17) is 15.9 Å². The van der Waals surface area contributed by atoms with Crippen LogP contribution in [0.4, 0.5) is 0 Å². The van der Waals surface area contributed by atoms with Gasteiger partial charge in [-0.1, -0.05) is 48.5 Å². The van der Waals surface area contributed by atoms with Crippen LogP contribution in [0.5, 0.6) is 0 Å². The van der Waals surface area contributed by atoms with E-state index in [1.807, 2.05) is 18.2 Å². The van der Waals surface area contributed by atoms with Crippen molar-refractivity contribution in [1.29, 1.82) is 5.41 Å². The van der Waals surface area contributed by atoms with Crippen LogP contribution in [-0.4, -0.2) is 24.2 Å². The highest BCUT2D eigenvalue weighted by Crippen LogP contribution is 2.26. The lowest BCUT2D eigenvalue weighted by Crippen LogP contribution is -2.23. The largest absolute Gasteiger partial charge is 0.465 e. The number of amidine groups is 1. The minimum atomic E-state index is -1.06. The number of esters is 1. The van der Waals surface area contributed by atoms with Crippen LogP contribution in [0.25, 0.3) is 16.8 Å². The number of hydrogen-bond acceptors (Lipinski definition) is 5. The lowest BCUT2D eigenvalue weighted by Gasteiger charge is -2.14. The normalized spacial score (nSPS) is 13.0. The predicted octanol–water partition coefficient (Wildman–Crippen LogP) is 4.50. The number of hydrogen-bond donors (Lipinski definition) is 3. The number of nitrogens with two attached hydrogens (primary N) is 1.